The van der Waals surface area contributed by atoms with E-state index in [9.17, 15) is 0 Å². The van der Waals surface area contributed by atoms with Gasteiger partial charge in [0.05, 0.1) is 0 Å². The van der Waals surface area contributed by atoms with E-state index in [2.05, 4.69) is 13.2 Å². The molecule has 0 aromatic heterocycles. The van der Waals surface area contributed by atoms with E-state index in [1.54, 1.807) is 12.2 Å². The molecule has 0 aromatic carbocycles. The van der Waals surface area contributed by atoms with Crippen LogP contribution in [-0.4, -0.2) is 25.4 Å². The SMILES string of the molecule is C=CC(OCC)C(C=C)OCC. The van der Waals surface area contributed by atoms with Crippen LogP contribution < -0.4 is 0 Å². The average molecular weight is 170 g/mol. The molecular weight excluding hydrogens is 152 g/mol. The minimum Gasteiger partial charge on any atom is -0.371 e. The Morgan fingerprint density at radius 2 is 1.33 bits per heavy atom. The third-order valence-electron chi connectivity index (χ3n) is 1.51. The van der Waals surface area contributed by atoms with Crippen LogP contribution in [0.3, 0.4) is 0 Å². The molecule has 0 radical (unpaired) electrons. The normalized spacial score (nSPS) is 15.2. The molecule has 12 heavy (non-hydrogen) atoms. The van der Waals surface area contributed by atoms with Gasteiger partial charge >= 0.3 is 0 Å². The lowest BCUT2D eigenvalue weighted by Gasteiger charge is -2.20. The molecule has 2 nitrogen and oxygen atoms in total. The molecular formula is C10H18O2. The van der Waals surface area contributed by atoms with Gasteiger partial charge in [-0.1, -0.05) is 12.2 Å². The van der Waals surface area contributed by atoms with Crippen molar-refractivity contribution >= 4 is 0 Å². The highest BCUT2D eigenvalue weighted by atomic mass is 16.5. The van der Waals surface area contributed by atoms with Crippen molar-refractivity contribution in [3.63, 3.8) is 0 Å². The fraction of sp³-hybridized carbons (Fsp3) is 0.600. The second-order valence-corrected chi connectivity index (χ2v) is 2.31. The van der Waals surface area contributed by atoms with E-state index in [0.29, 0.717) is 13.2 Å². The Morgan fingerprint density at radius 3 is 1.50 bits per heavy atom. The predicted octanol–water partition coefficient (Wildman–Crippen LogP) is 2.17. The van der Waals surface area contributed by atoms with Crippen molar-refractivity contribution in [2.24, 2.45) is 0 Å². The Morgan fingerprint density at radius 1 is 1.00 bits per heavy atom. The number of ether oxygens (including phenoxy) is 2. The quantitative estimate of drug-likeness (QED) is 0.545. The molecule has 2 unspecified atom stereocenters. The van der Waals surface area contributed by atoms with Gasteiger partial charge in [-0.2, -0.15) is 0 Å². The molecule has 2 atom stereocenters. The number of rotatable bonds is 7. The van der Waals surface area contributed by atoms with Gasteiger partial charge in [-0.25, -0.2) is 0 Å². The number of hydrogen-bond acceptors (Lipinski definition) is 2. The van der Waals surface area contributed by atoms with Gasteiger partial charge in [-0.3, -0.25) is 0 Å². The fourth-order valence-corrected chi connectivity index (χ4v) is 0.979. The summed E-state index contributed by atoms with van der Waals surface area (Å²) >= 11 is 0. The minimum atomic E-state index is -0.0764. The standard InChI is InChI=1S/C10H18O2/c1-5-9(11-7-3)10(6-2)12-8-4/h5-6,9-10H,1-2,7-8H2,3-4H3. The first-order chi connectivity index (χ1) is 5.79. The molecule has 0 aliphatic carbocycles. The molecule has 2 heteroatoms. The van der Waals surface area contributed by atoms with Crippen molar-refractivity contribution in [2.45, 2.75) is 26.1 Å². The lowest BCUT2D eigenvalue weighted by atomic mass is 10.2. The largest absolute Gasteiger partial charge is 0.371 e. The summed E-state index contributed by atoms with van der Waals surface area (Å²) in [7, 11) is 0. The summed E-state index contributed by atoms with van der Waals surface area (Å²) in [5, 5.41) is 0. The van der Waals surface area contributed by atoms with Gasteiger partial charge in [0.25, 0.3) is 0 Å². The highest BCUT2D eigenvalue weighted by Gasteiger charge is 2.14. The zero-order chi connectivity index (χ0) is 9.40. The summed E-state index contributed by atoms with van der Waals surface area (Å²) in [5.41, 5.74) is 0. The Labute approximate surface area is 74.9 Å². The summed E-state index contributed by atoms with van der Waals surface area (Å²) in [6.07, 6.45) is 3.33. The van der Waals surface area contributed by atoms with E-state index >= 15 is 0 Å². The number of hydrogen-bond donors (Lipinski definition) is 0. The van der Waals surface area contributed by atoms with Gasteiger partial charge in [-0.15, -0.1) is 13.2 Å². The van der Waals surface area contributed by atoms with Gasteiger partial charge in [0.1, 0.15) is 12.2 Å². The van der Waals surface area contributed by atoms with Crippen LogP contribution in [0.15, 0.2) is 25.3 Å². The Balaban J connectivity index is 4.01. The van der Waals surface area contributed by atoms with Gasteiger partial charge in [0.15, 0.2) is 0 Å². The van der Waals surface area contributed by atoms with Crippen LogP contribution in [0.25, 0.3) is 0 Å². The Bertz CT molecular complexity index is 116. The molecule has 0 rings (SSSR count). The van der Waals surface area contributed by atoms with Crippen LogP contribution in [0.4, 0.5) is 0 Å². The van der Waals surface area contributed by atoms with E-state index in [4.69, 9.17) is 9.47 Å². The van der Waals surface area contributed by atoms with E-state index in [-0.39, 0.29) is 12.2 Å². The summed E-state index contributed by atoms with van der Waals surface area (Å²) in [4.78, 5) is 0. The lowest BCUT2D eigenvalue weighted by molar-refractivity contribution is -0.0206. The third-order valence-corrected chi connectivity index (χ3v) is 1.51. The maximum atomic E-state index is 5.38. The summed E-state index contributed by atoms with van der Waals surface area (Å²) in [6.45, 7) is 12.6. The predicted molar refractivity (Wildman–Crippen MR) is 51.2 cm³/mol. The highest BCUT2D eigenvalue weighted by Crippen LogP contribution is 2.06. The molecule has 0 spiro atoms. The van der Waals surface area contributed by atoms with Crippen LogP contribution in [0.1, 0.15) is 13.8 Å². The molecule has 0 saturated heterocycles. The van der Waals surface area contributed by atoms with Crippen LogP contribution in [-0.2, 0) is 9.47 Å². The van der Waals surface area contributed by atoms with Gasteiger partial charge < -0.3 is 9.47 Å². The van der Waals surface area contributed by atoms with Crippen molar-refractivity contribution in [2.75, 3.05) is 13.2 Å². The zero-order valence-corrected chi connectivity index (χ0v) is 7.95. The Kier molecular flexibility index (Phi) is 6.72. The fourth-order valence-electron chi connectivity index (χ4n) is 0.979. The van der Waals surface area contributed by atoms with E-state index in [1.807, 2.05) is 13.8 Å². The smallest absolute Gasteiger partial charge is 0.105 e. The maximum absolute atomic E-state index is 5.38. The van der Waals surface area contributed by atoms with Gasteiger partial charge in [0, 0.05) is 13.2 Å². The molecule has 0 amide bonds. The minimum absolute atomic E-state index is 0.0764. The van der Waals surface area contributed by atoms with E-state index < -0.39 is 0 Å². The van der Waals surface area contributed by atoms with Crippen LogP contribution in [0, 0.1) is 0 Å². The average Bonchev–Trinajstić information content (AvgIpc) is 2.11. The van der Waals surface area contributed by atoms with Gasteiger partial charge in [0.2, 0.25) is 0 Å². The topological polar surface area (TPSA) is 18.5 Å². The molecule has 0 heterocycles. The van der Waals surface area contributed by atoms with Crippen LogP contribution in [0.5, 0.6) is 0 Å². The molecule has 0 aromatic rings. The van der Waals surface area contributed by atoms with E-state index in [0.717, 1.165) is 0 Å². The summed E-state index contributed by atoms with van der Waals surface area (Å²) < 4.78 is 10.8. The second kappa shape index (κ2) is 7.07. The van der Waals surface area contributed by atoms with Crippen molar-refractivity contribution < 1.29 is 9.47 Å². The highest BCUT2D eigenvalue weighted by molar-refractivity contribution is 4.96. The molecule has 0 aliphatic heterocycles. The van der Waals surface area contributed by atoms with E-state index in [1.165, 1.54) is 0 Å². The van der Waals surface area contributed by atoms with Crippen LogP contribution >= 0.6 is 0 Å². The van der Waals surface area contributed by atoms with Crippen molar-refractivity contribution in [3.05, 3.63) is 25.3 Å². The molecule has 70 valence electrons. The Hall–Kier alpha value is -0.600. The molecule has 0 saturated carbocycles. The zero-order valence-electron chi connectivity index (χ0n) is 7.95. The molecule has 0 fully saturated rings. The van der Waals surface area contributed by atoms with Crippen LogP contribution in [0.2, 0.25) is 0 Å². The lowest BCUT2D eigenvalue weighted by Crippen LogP contribution is -2.28. The molecule has 0 aliphatic rings. The first-order valence-electron chi connectivity index (χ1n) is 4.28. The van der Waals surface area contributed by atoms with Crippen molar-refractivity contribution in [1.82, 2.24) is 0 Å². The first-order valence-corrected chi connectivity index (χ1v) is 4.28. The monoisotopic (exact) mass is 170 g/mol. The van der Waals surface area contributed by atoms with Gasteiger partial charge in [-0.05, 0) is 13.8 Å². The van der Waals surface area contributed by atoms with Crippen molar-refractivity contribution in [3.8, 4) is 0 Å². The maximum Gasteiger partial charge on any atom is 0.105 e. The summed E-state index contributed by atoms with van der Waals surface area (Å²) in [6, 6.07) is 0. The third kappa shape index (κ3) is 3.69. The molecule has 0 N–H and O–H groups in total. The molecule has 0 bridgehead atoms. The van der Waals surface area contributed by atoms with Crippen molar-refractivity contribution in [1.29, 1.82) is 0 Å². The summed E-state index contributed by atoms with van der Waals surface area (Å²) in [5.74, 6) is 0. The second-order valence-electron chi connectivity index (χ2n) is 2.31. The first kappa shape index (κ1) is 11.4.